The molecule has 0 aromatic heterocycles. The molecule has 1 N–H and O–H groups in total. The van der Waals surface area contributed by atoms with Crippen molar-refractivity contribution in [1.29, 1.82) is 0 Å². The van der Waals surface area contributed by atoms with E-state index in [1.54, 1.807) is 6.08 Å². The van der Waals surface area contributed by atoms with Crippen LogP contribution in [0.4, 0.5) is 0 Å². The van der Waals surface area contributed by atoms with Crippen molar-refractivity contribution in [2.24, 2.45) is 0 Å². The number of piperidine rings is 1. The zero-order valence-electron chi connectivity index (χ0n) is 10.9. The van der Waals surface area contributed by atoms with Gasteiger partial charge in [0.15, 0.2) is 0 Å². The van der Waals surface area contributed by atoms with E-state index in [4.69, 9.17) is 4.74 Å². The Balaban J connectivity index is 1.53. The third-order valence-corrected chi connectivity index (χ3v) is 3.92. The van der Waals surface area contributed by atoms with Crippen LogP contribution in [-0.2, 0) is 9.53 Å². The van der Waals surface area contributed by atoms with Crippen LogP contribution in [-0.4, -0.2) is 24.2 Å². The Bertz CT molecular complexity index is 457. The standard InChI is InChI=1S/C16H19NO2/c18-16(9-6-12-4-2-1-3-5-12)19-15-10-13-7-8-14(11-15)17-13/h1-6,9,13-15,17H,7-8,10-11H2/t13-,14+,15?. The summed E-state index contributed by atoms with van der Waals surface area (Å²) in [7, 11) is 0. The van der Waals surface area contributed by atoms with E-state index in [0.717, 1.165) is 18.4 Å². The summed E-state index contributed by atoms with van der Waals surface area (Å²) in [5, 5.41) is 3.54. The Morgan fingerprint density at radius 1 is 1.16 bits per heavy atom. The summed E-state index contributed by atoms with van der Waals surface area (Å²) in [6.07, 6.45) is 7.78. The lowest BCUT2D eigenvalue weighted by Gasteiger charge is -2.28. The van der Waals surface area contributed by atoms with E-state index in [1.165, 1.54) is 18.9 Å². The third-order valence-electron chi connectivity index (χ3n) is 3.92. The Hall–Kier alpha value is -1.61. The highest BCUT2D eigenvalue weighted by Gasteiger charge is 2.34. The molecular formula is C16H19NO2. The van der Waals surface area contributed by atoms with Crippen molar-refractivity contribution in [2.75, 3.05) is 0 Å². The number of fused-ring (bicyclic) bond motifs is 2. The van der Waals surface area contributed by atoms with E-state index in [1.807, 2.05) is 30.3 Å². The third kappa shape index (κ3) is 3.24. The molecule has 3 atom stereocenters. The average Bonchev–Trinajstić information content (AvgIpc) is 2.77. The summed E-state index contributed by atoms with van der Waals surface area (Å²) >= 11 is 0. The molecule has 0 amide bonds. The number of rotatable bonds is 3. The summed E-state index contributed by atoms with van der Waals surface area (Å²) in [5.74, 6) is -0.227. The molecule has 2 heterocycles. The number of nitrogens with one attached hydrogen (secondary N) is 1. The van der Waals surface area contributed by atoms with Crippen LogP contribution in [0, 0.1) is 0 Å². The second kappa shape index (κ2) is 5.57. The van der Waals surface area contributed by atoms with E-state index >= 15 is 0 Å². The van der Waals surface area contributed by atoms with Crippen LogP contribution in [0.25, 0.3) is 6.08 Å². The van der Waals surface area contributed by atoms with Crippen LogP contribution < -0.4 is 5.32 Å². The van der Waals surface area contributed by atoms with Gasteiger partial charge in [-0.2, -0.15) is 0 Å². The van der Waals surface area contributed by atoms with Crippen molar-refractivity contribution in [3.05, 3.63) is 42.0 Å². The van der Waals surface area contributed by atoms with Crippen molar-refractivity contribution in [3.63, 3.8) is 0 Å². The fourth-order valence-corrected chi connectivity index (χ4v) is 3.03. The molecule has 2 saturated heterocycles. The minimum Gasteiger partial charge on any atom is -0.459 e. The van der Waals surface area contributed by atoms with Crippen molar-refractivity contribution >= 4 is 12.0 Å². The molecule has 0 spiro atoms. The lowest BCUT2D eigenvalue weighted by Crippen LogP contribution is -2.41. The minimum atomic E-state index is -0.227. The number of hydrogen-bond acceptors (Lipinski definition) is 3. The van der Waals surface area contributed by atoms with Gasteiger partial charge in [-0.05, 0) is 37.3 Å². The molecule has 1 aromatic carbocycles. The molecule has 1 aromatic rings. The van der Waals surface area contributed by atoms with Gasteiger partial charge in [0.1, 0.15) is 6.10 Å². The first kappa shape index (κ1) is 12.4. The molecule has 2 aliphatic heterocycles. The maximum absolute atomic E-state index is 11.8. The highest BCUT2D eigenvalue weighted by Crippen LogP contribution is 2.28. The summed E-state index contributed by atoms with van der Waals surface area (Å²) in [6, 6.07) is 10.9. The van der Waals surface area contributed by atoms with Gasteiger partial charge in [-0.25, -0.2) is 4.79 Å². The SMILES string of the molecule is O=C(C=Cc1ccccc1)OC1C[C@H]2CC[C@@H](C1)N2. The predicted octanol–water partition coefficient (Wildman–Crippen LogP) is 2.53. The molecule has 0 aliphatic carbocycles. The first-order chi connectivity index (χ1) is 9.29. The molecule has 19 heavy (non-hydrogen) atoms. The molecule has 3 heteroatoms. The molecule has 3 rings (SSSR count). The highest BCUT2D eigenvalue weighted by molar-refractivity contribution is 5.87. The quantitative estimate of drug-likeness (QED) is 0.668. The van der Waals surface area contributed by atoms with Crippen molar-refractivity contribution in [2.45, 2.75) is 43.9 Å². The molecule has 3 nitrogen and oxygen atoms in total. The van der Waals surface area contributed by atoms with Crippen LogP contribution in [0.3, 0.4) is 0 Å². The number of esters is 1. The number of benzene rings is 1. The zero-order chi connectivity index (χ0) is 13.1. The van der Waals surface area contributed by atoms with Crippen LogP contribution in [0.2, 0.25) is 0 Å². The summed E-state index contributed by atoms with van der Waals surface area (Å²) in [6.45, 7) is 0. The largest absolute Gasteiger partial charge is 0.459 e. The normalized spacial score (nSPS) is 29.6. The van der Waals surface area contributed by atoms with Crippen LogP contribution in [0.1, 0.15) is 31.2 Å². The number of ether oxygens (including phenoxy) is 1. The summed E-state index contributed by atoms with van der Waals surface area (Å²) in [4.78, 5) is 11.8. The van der Waals surface area contributed by atoms with Crippen LogP contribution in [0.15, 0.2) is 36.4 Å². The number of hydrogen-bond donors (Lipinski definition) is 1. The Morgan fingerprint density at radius 3 is 2.53 bits per heavy atom. The summed E-state index contributed by atoms with van der Waals surface area (Å²) < 4.78 is 5.53. The Morgan fingerprint density at radius 2 is 1.84 bits per heavy atom. The predicted molar refractivity (Wildman–Crippen MR) is 74.5 cm³/mol. The van der Waals surface area contributed by atoms with Crippen LogP contribution in [0.5, 0.6) is 0 Å². The van der Waals surface area contributed by atoms with Crippen molar-refractivity contribution in [3.8, 4) is 0 Å². The molecule has 2 aliphatic rings. The Kier molecular flexibility index (Phi) is 3.65. The minimum absolute atomic E-state index is 0.0895. The van der Waals surface area contributed by atoms with Crippen LogP contribution >= 0.6 is 0 Å². The van der Waals surface area contributed by atoms with E-state index < -0.39 is 0 Å². The average molecular weight is 257 g/mol. The molecule has 0 radical (unpaired) electrons. The van der Waals surface area contributed by atoms with E-state index in [-0.39, 0.29) is 12.1 Å². The lowest BCUT2D eigenvalue weighted by molar-refractivity contribution is -0.144. The molecular weight excluding hydrogens is 238 g/mol. The highest BCUT2D eigenvalue weighted by atomic mass is 16.5. The lowest BCUT2D eigenvalue weighted by atomic mass is 10.0. The maximum atomic E-state index is 11.8. The first-order valence-corrected chi connectivity index (χ1v) is 6.99. The van der Waals surface area contributed by atoms with Gasteiger partial charge in [-0.3, -0.25) is 0 Å². The smallest absolute Gasteiger partial charge is 0.331 e. The molecule has 100 valence electrons. The molecule has 1 unspecified atom stereocenters. The molecule has 2 fully saturated rings. The fourth-order valence-electron chi connectivity index (χ4n) is 3.03. The molecule has 2 bridgehead atoms. The molecule has 0 saturated carbocycles. The maximum Gasteiger partial charge on any atom is 0.331 e. The van der Waals surface area contributed by atoms with Gasteiger partial charge < -0.3 is 10.1 Å². The van der Waals surface area contributed by atoms with E-state index in [9.17, 15) is 4.79 Å². The van der Waals surface area contributed by atoms with Gasteiger partial charge in [0.25, 0.3) is 0 Å². The summed E-state index contributed by atoms with van der Waals surface area (Å²) in [5.41, 5.74) is 1.02. The second-order valence-electron chi connectivity index (χ2n) is 5.41. The van der Waals surface area contributed by atoms with Gasteiger partial charge in [-0.15, -0.1) is 0 Å². The second-order valence-corrected chi connectivity index (χ2v) is 5.41. The van der Waals surface area contributed by atoms with Crippen molar-refractivity contribution in [1.82, 2.24) is 5.32 Å². The van der Waals surface area contributed by atoms with Gasteiger partial charge in [-0.1, -0.05) is 30.3 Å². The van der Waals surface area contributed by atoms with Gasteiger partial charge in [0.2, 0.25) is 0 Å². The van der Waals surface area contributed by atoms with E-state index in [2.05, 4.69) is 5.32 Å². The van der Waals surface area contributed by atoms with Gasteiger partial charge in [0.05, 0.1) is 0 Å². The Labute approximate surface area is 113 Å². The first-order valence-electron chi connectivity index (χ1n) is 6.99. The van der Waals surface area contributed by atoms with Gasteiger partial charge in [0, 0.05) is 18.2 Å². The number of carbonyl (C=O) groups is 1. The van der Waals surface area contributed by atoms with E-state index in [0.29, 0.717) is 12.1 Å². The monoisotopic (exact) mass is 257 g/mol. The zero-order valence-corrected chi connectivity index (χ0v) is 10.9. The fraction of sp³-hybridized carbons (Fsp3) is 0.438. The van der Waals surface area contributed by atoms with Gasteiger partial charge >= 0.3 is 5.97 Å². The number of carbonyl (C=O) groups excluding carboxylic acids is 1. The topological polar surface area (TPSA) is 38.3 Å². The van der Waals surface area contributed by atoms with Crippen molar-refractivity contribution < 1.29 is 9.53 Å².